The van der Waals surface area contributed by atoms with Crippen molar-refractivity contribution < 1.29 is 0 Å². The van der Waals surface area contributed by atoms with E-state index in [0.717, 1.165) is 25.2 Å². The molecular weight excluding hydrogens is 350 g/mol. The third-order valence-electron chi connectivity index (χ3n) is 4.65. The fraction of sp³-hybridized carbons (Fsp3) is 0.571. The average Bonchev–Trinajstić information content (AvgIpc) is 2.67. The lowest BCUT2D eigenvalue weighted by Gasteiger charge is -2.24. The second-order valence-electron chi connectivity index (χ2n) is 7.39. The van der Waals surface area contributed by atoms with Gasteiger partial charge in [-0.3, -0.25) is 10.0 Å². The van der Waals surface area contributed by atoms with E-state index in [-0.39, 0.29) is 12.2 Å². The average molecular weight is 388 g/mol. The van der Waals surface area contributed by atoms with Crippen LogP contribution >= 0.6 is 0 Å². The van der Waals surface area contributed by atoms with Gasteiger partial charge < -0.3 is 10.2 Å². The van der Waals surface area contributed by atoms with Crippen molar-refractivity contribution >= 4 is 12.4 Å². The molecule has 0 aliphatic heterocycles. The number of hydrogen-bond donors (Lipinski definition) is 1. The van der Waals surface area contributed by atoms with Crippen molar-refractivity contribution in [1.29, 1.82) is 0 Å². The summed E-state index contributed by atoms with van der Waals surface area (Å²) < 4.78 is 0. The minimum atomic E-state index is -0.134. The van der Waals surface area contributed by atoms with E-state index >= 15 is 0 Å². The molecule has 0 bridgehead atoms. The van der Waals surface area contributed by atoms with Crippen LogP contribution in [0.1, 0.15) is 32.8 Å². The van der Waals surface area contributed by atoms with E-state index in [4.69, 9.17) is 0 Å². The maximum Gasteiger partial charge on any atom is 0.156 e. The molecule has 0 aromatic heterocycles. The highest BCUT2D eigenvalue weighted by molar-refractivity contribution is 5.48. The van der Waals surface area contributed by atoms with Crippen LogP contribution in [0.25, 0.3) is 0 Å². The third kappa shape index (κ3) is 8.52. The topological polar surface area (TPSA) is 58.8 Å². The summed E-state index contributed by atoms with van der Waals surface area (Å²) >= 11 is 0. The monoisotopic (exact) mass is 387 g/mol. The summed E-state index contributed by atoms with van der Waals surface area (Å²) in [6, 6.07) is 8.85. The number of anilines is 1. The van der Waals surface area contributed by atoms with Crippen LogP contribution in [0, 0.1) is 0 Å². The largest absolute Gasteiger partial charge is 0.379 e. The highest BCUT2D eigenvalue weighted by Crippen LogP contribution is 2.18. The molecule has 1 N–H and O–H groups in total. The fourth-order valence-corrected chi connectivity index (χ4v) is 2.66. The molecule has 0 aliphatic rings. The first-order chi connectivity index (χ1) is 13.3. The zero-order valence-electron chi connectivity index (χ0n) is 18.6. The van der Waals surface area contributed by atoms with E-state index in [1.54, 1.807) is 5.01 Å². The molecule has 1 rings (SSSR count). The molecule has 0 fully saturated rings. The standard InChI is InChI=1S/C21H37N7/c1-9-17(2)21(13-14-27(7)25-24-18(3)28(8)22-4)23-20-12-10-11-19(15-20)16-26(5)6/h9-12,15,18,21,23H,4,13-14,16H2,1-3,5-8H3/b17-9+,25-24?. The number of rotatable bonds is 12. The molecule has 0 saturated heterocycles. The first-order valence-corrected chi connectivity index (χ1v) is 9.71. The molecule has 1 aromatic carbocycles. The van der Waals surface area contributed by atoms with Crippen LogP contribution in [0.5, 0.6) is 0 Å². The van der Waals surface area contributed by atoms with Gasteiger partial charge in [0.1, 0.15) is 0 Å². The molecule has 2 unspecified atom stereocenters. The highest BCUT2D eigenvalue weighted by atomic mass is 15.6. The smallest absolute Gasteiger partial charge is 0.156 e. The Labute approximate surface area is 170 Å². The van der Waals surface area contributed by atoms with E-state index in [0.29, 0.717) is 0 Å². The van der Waals surface area contributed by atoms with Crippen LogP contribution in [0.2, 0.25) is 0 Å². The normalized spacial score (nSPS) is 14.2. The highest BCUT2D eigenvalue weighted by Gasteiger charge is 2.12. The summed E-state index contributed by atoms with van der Waals surface area (Å²) in [6.07, 6.45) is 2.95. The molecule has 0 amide bonds. The zero-order chi connectivity index (χ0) is 21.1. The van der Waals surface area contributed by atoms with Crippen LogP contribution in [0.3, 0.4) is 0 Å². The maximum absolute atomic E-state index is 4.28. The van der Waals surface area contributed by atoms with Crippen molar-refractivity contribution in [2.24, 2.45) is 15.4 Å². The number of hydrogen-bond acceptors (Lipinski definition) is 6. The second kappa shape index (κ2) is 12.1. The van der Waals surface area contributed by atoms with Crippen LogP contribution in [-0.4, -0.2) is 68.6 Å². The Balaban J connectivity index is 2.72. The van der Waals surface area contributed by atoms with Crippen LogP contribution in [0.4, 0.5) is 5.69 Å². The summed E-state index contributed by atoms with van der Waals surface area (Å²) in [5.74, 6) is 0. The SMILES string of the molecule is C=NN(C)C(C)N=NN(C)CCC(Nc1cccc(CN(C)C)c1)/C(C)=C/C. The Kier molecular flexibility index (Phi) is 10.2. The van der Waals surface area contributed by atoms with E-state index < -0.39 is 0 Å². The summed E-state index contributed by atoms with van der Waals surface area (Å²) in [5, 5.41) is 19.6. The molecular formula is C21H37N7. The van der Waals surface area contributed by atoms with Crippen molar-refractivity contribution in [3.63, 3.8) is 0 Å². The molecule has 7 nitrogen and oxygen atoms in total. The van der Waals surface area contributed by atoms with Crippen LogP contribution in [0.15, 0.2) is 51.4 Å². The number of nitrogens with zero attached hydrogens (tertiary/aromatic N) is 6. The summed E-state index contributed by atoms with van der Waals surface area (Å²) in [5.41, 5.74) is 3.75. The molecule has 0 heterocycles. The van der Waals surface area contributed by atoms with E-state index in [2.05, 4.69) is 90.7 Å². The van der Waals surface area contributed by atoms with Gasteiger partial charge in [-0.2, -0.15) is 5.10 Å². The molecule has 0 spiro atoms. The minimum Gasteiger partial charge on any atom is -0.379 e. The van der Waals surface area contributed by atoms with Gasteiger partial charge in [-0.1, -0.05) is 29.0 Å². The number of hydrazone groups is 1. The minimum absolute atomic E-state index is 0.134. The first kappa shape index (κ1) is 23.6. The van der Waals surface area contributed by atoms with Crippen molar-refractivity contribution in [3.8, 4) is 0 Å². The summed E-state index contributed by atoms with van der Waals surface area (Å²) in [6.45, 7) is 11.4. The van der Waals surface area contributed by atoms with Crippen LogP contribution in [-0.2, 0) is 6.54 Å². The fourth-order valence-electron chi connectivity index (χ4n) is 2.66. The molecule has 0 aliphatic carbocycles. The lowest BCUT2D eigenvalue weighted by atomic mass is 10.0. The zero-order valence-corrected chi connectivity index (χ0v) is 18.6. The predicted octanol–water partition coefficient (Wildman–Crippen LogP) is 4.08. The third-order valence-corrected chi connectivity index (χ3v) is 4.65. The van der Waals surface area contributed by atoms with E-state index in [1.165, 1.54) is 11.1 Å². The van der Waals surface area contributed by atoms with E-state index in [1.807, 2.05) is 26.0 Å². The van der Waals surface area contributed by atoms with Gasteiger partial charge in [0.2, 0.25) is 0 Å². The predicted molar refractivity (Wildman–Crippen MR) is 120 cm³/mol. The van der Waals surface area contributed by atoms with Crippen molar-refractivity contribution in [1.82, 2.24) is 14.9 Å². The Morgan fingerprint density at radius 1 is 1.25 bits per heavy atom. The quantitative estimate of drug-likeness (QED) is 0.254. The molecule has 2 atom stereocenters. The van der Waals surface area contributed by atoms with Gasteiger partial charge in [-0.05, 0) is 59.0 Å². The summed E-state index contributed by atoms with van der Waals surface area (Å²) in [7, 11) is 7.94. The molecule has 0 saturated carbocycles. The van der Waals surface area contributed by atoms with Crippen molar-refractivity contribution in [3.05, 3.63) is 41.5 Å². The molecule has 28 heavy (non-hydrogen) atoms. The van der Waals surface area contributed by atoms with Crippen molar-refractivity contribution in [2.75, 3.05) is 40.1 Å². The molecule has 0 radical (unpaired) electrons. The first-order valence-electron chi connectivity index (χ1n) is 9.71. The lowest BCUT2D eigenvalue weighted by Crippen LogP contribution is -2.27. The number of nitrogens with one attached hydrogen (secondary N) is 1. The van der Waals surface area contributed by atoms with Gasteiger partial charge >= 0.3 is 0 Å². The van der Waals surface area contributed by atoms with Gasteiger partial charge in [-0.25, -0.2) is 0 Å². The van der Waals surface area contributed by atoms with Gasteiger partial charge in [0.15, 0.2) is 6.17 Å². The lowest BCUT2D eigenvalue weighted by molar-refractivity contribution is 0.240. The number of allylic oxidation sites excluding steroid dienone is 1. The van der Waals surface area contributed by atoms with Crippen LogP contribution < -0.4 is 5.32 Å². The Morgan fingerprint density at radius 2 is 1.96 bits per heavy atom. The van der Waals surface area contributed by atoms with Gasteiger partial charge in [0.25, 0.3) is 0 Å². The Hall–Kier alpha value is -2.41. The van der Waals surface area contributed by atoms with Gasteiger partial charge in [0, 0.05) is 45.6 Å². The van der Waals surface area contributed by atoms with Crippen molar-refractivity contribution in [2.45, 2.75) is 45.9 Å². The molecule has 7 heteroatoms. The molecule has 156 valence electrons. The van der Waals surface area contributed by atoms with Gasteiger partial charge in [0.05, 0.1) is 0 Å². The Morgan fingerprint density at radius 3 is 2.57 bits per heavy atom. The Bertz CT molecular complexity index is 654. The maximum atomic E-state index is 4.28. The van der Waals surface area contributed by atoms with Gasteiger partial charge in [-0.15, -0.1) is 5.11 Å². The second-order valence-corrected chi connectivity index (χ2v) is 7.39. The number of benzene rings is 1. The summed E-state index contributed by atoms with van der Waals surface area (Å²) in [4.78, 5) is 2.17. The molecule has 1 aromatic rings. The van der Waals surface area contributed by atoms with E-state index in [9.17, 15) is 0 Å².